The van der Waals surface area contributed by atoms with Gasteiger partial charge in [-0.25, -0.2) is 0 Å². The van der Waals surface area contributed by atoms with Crippen LogP contribution in [0.5, 0.6) is 0 Å². The minimum absolute atomic E-state index is 0.0699. The third-order valence-electron chi connectivity index (χ3n) is 4.30. The minimum atomic E-state index is 0.0699. The molecule has 0 saturated carbocycles. The van der Waals surface area contributed by atoms with Gasteiger partial charge in [0.15, 0.2) is 5.96 Å². The molecule has 134 valence electrons. The number of carbonyl (C=O) groups is 1. The third kappa shape index (κ3) is 6.77. The fourth-order valence-corrected chi connectivity index (χ4v) is 2.79. The summed E-state index contributed by atoms with van der Waals surface area (Å²) < 4.78 is 0. The Morgan fingerprint density at radius 2 is 2.13 bits per heavy atom. The lowest BCUT2D eigenvalue weighted by atomic mass is 10.2. The lowest BCUT2D eigenvalue weighted by Gasteiger charge is -2.25. The number of nitrogens with one attached hydrogen (secondary N) is 2. The van der Waals surface area contributed by atoms with Crippen LogP contribution in [0.1, 0.15) is 46.5 Å². The summed E-state index contributed by atoms with van der Waals surface area (Å²) in [7, 11) is 3.68. The molecule has 1 saturated heterocycles. The summed E-state index contributed by atoms with van der Waals surface area (Å²) in [5.74, 6) is 1.13. The van der Waals surface area contributed by atoms with E-state index in [1.54, 1.807) is 4.90 Å². The molecule has 2 unspecified atom stereocenters. The van der Waals surface area contributed by atoms with Crippen LogP contribution >= 0.6 is 0 Å². The zero-order chi connectivity index (χ0) is 17.2. The summed E-state index contributed by atoms with van der Waals surface area (Å²) in [6, 6.07) is 0.494. The van der Waals surface area contributed by atoms with Gasteiger partial charge >= 0.3 is 0 Å². The van der Waals surface area contributed by atoms with Crippen molar-refractivity contribution in [1.82, 2.24) is 20.4 Å². The lowest BCUT2D eigenvalue weighted by molar-refractivity contribution is -0.133. The monoisotopic (exact) mass is 325 g/mol. The highest BCUT2D eigenvalue weighted by molar-refractivity contribution is 5.81. The zero-order valence-electron chi connectivity index (χ0n) is 15.6. The van der Waals surface area contributed by atoms with Crippen molar-refractivity contribution in [3.05, 3.63) is 0 Å². The first kappa shape index (κ1) is 19.7. The van der Waals surface area contributed by atoms with Crippen molar-refractivity contribution >= 4 is 11.9 Å². The van der Waals surface area contributed by atoms with Crippen molar-refractivity contribution in [2.45, 2.75) is 58.5 Å². The topological polar surface area (TPSA) is 60.0 Å². The van der Waals surface area contributed by atoms with Gasteiger partial charge in [-0.3, -0.25) is 14.7 Å². The molecule has 1 rings (SSSR count). The zero-order valence-corrected chi connectivity index (χ0v) is 15.6. The smallest absolute Gasteiger partial charge is 0.239 e. The van der Waals surface area contributed by atoms with E-state index in [0.717, 1.165) is 57.8 Å². The Kier molecular flexibility index (Phi) is 8.99. The number of rotatable bonds is 8. The number of hydrogen-bond acceptors (Lipinski definition) is 3. The van der Waals surface area contributed by atoms with Gasteiger partial charge < -0.3 is 15.5 Å². The van der Waals surface area contributed by atoms with Crippen LogP contribution in [0.4, 0.5) is 0 Å². The Labute approximate surface area is 141 Å². The Morgan fingerprint density at radius 3 is 2.74 bits per heavy atom. The SMILES string of the molecule is CCNC(=NCCCN1CCCC1C(=O)N(C)C)NC(C)CC. The Hall–Kier alpha value is -1.30. The second-order valence-electron chi connectivity index (χ2n) is 6.49. The molecule has 1 aliphatic heterocycles. The van der Waals surface area contributed by atoms with Gasteiger partial charge in [-0.05, 0) is 46.1 Å². The van der Waals surface area contributed by atoms with Gasteiger partial charge in [0.25, 0.3) is 0 Å². The van der Waals surface area contributed by atoms with E-state index < -0.39 is 0 Å². The number of nitrogens with zero attached hydrogens (tertiary/aromatic N) is 3. The number of likely N-dealkylation sites (N-methyl/N-ethyl adjacent to an activating group) is 1. The molecule has 0 aliphatic carbocycles. The van der Waals surface area contributed by atoms with E-state index in [2.05, 4.69) is 41.3 Å². The van der Waals surface area contributed by atoms with Crippen LogP contribution in [0.3, 0.4) is 0 Å². The number of carbonyl (C=O) groups excluding carboxylic acids is 1. The molecule has 1 amide bonds. The highest BCUT2D eigenvalue weighted by Gasteiger charge is 2.30. The van der Waals surface area contributed by atoms with Crippen LogP contribution in [0, 0.1) is 0 Å². The van der Waals surface area contributed by atoms with Gasteiger partial charge in [0, 0.05) is 39.8 Å². The van der Waals surface area contributed by atoms with E-state index in [-0.39, 0.29) is 11.9 Å². The van der Waals surface area contributed by atoms with Gasteiger partial charge in [0.2, 0.25) is 5.91 Å². The largest absolute Gasteiger partial charge is 0.357 e. The van der Waals surface area contributed by atoms with Gasteiger partial charge in [-0.15, -0.1) is 0 Å². The van der Waals surface area contributed by atoms with E-state index in [1.807, 2.05) is 14.1 Å². The van der Waals surface area contributed by atoms with Crippen molar-refractivity contribution in [2.24, 2.45) is 4.99 Å². The Bertz CT molecular complexity index is 383. The molecule has 0 aromatic heterocycles. The van der Waals surface area contributed by atoms with Crippen LogP contribution in [0.25, 0.3) is 0 Å². The molecule has 0 radical (unpaired) electrons. The molecule has 0 spiro atoms. The maximum Gasteiger partial charge on any atom is 0.239 e. The van der Waals surface area contributed by atoms with Crippen molar-refractivity contribution in [3.63, 3.8) is 0 Å². The second kappa shape index (κ2) is 10.5. The van der Waals surface area contributed by atoms with Crippen LogP contribution in [0.2, 0.25) is 0 Å². The average Bonchev–Trinajstić information content (AvgIpc) is 2.98. The van der Waals surface area contributed by atoms with E-state index >= 15 is 0 Å². The molecule has 0 aromatic rings. The first-order chi connectivity index (χ1) is 11.0. The highest BCUT2D eigenvalue weighted by atomic mass is 16.2. The van der Waals surface area contributed by atoms with E-state index in [0.29, 0.717) is 6.04 Å². The summed E-state index contributed by atoms with van der Waals surface area (Å²) >= 11 is 0. The second-order valence-corrected chi connectivity index (χ2v) is 6.49. The van der Waals surface area contributed by atoms with Crippen molar-refractivity contribution in [1.29, 1.82) is 0 Å². The minimum Gasteiger partial charge on any atom is -0.357 e. The fraction of sp³-hybridized carbons (Fsp3) is 0.882. The van der Waals surface area contributed by atoms with Crippen LogP contribution in [0.15, 0.2) is 4.99 Å². The standard InChI is InChI=1S/C17H35N5O/c1-6-14(3)20-17(18-7-2)19-11-9-13-22-12-8-10-15(22)16(23)21(4)5/h14-15H,6-13H2,1-5H3,(H2,18,19,20). The molecule has 2 N–H and O–H groups in total. The molecule has 6 heteroatoms. The molecule has 0 bridgehead atoms. The van der Waals surface area contributed by atoms with Crippen molar-refractivity contribution < 1.29 is 4.79 Å². The average molecular weight is 326 g/mol. The molecule has 6 nitrogen and oxygen atoms in total. The van der Waals surface area contributed by atoms with Crippen molar-refractivity contribution in [2.75, 3.05) is 40.3 Å². The summed E-state index contributed by atoms with van der Waals surface area (Å²) in [6.07, 6.45) is 4.16. The van der Waals surface area contributed by atoms with Crippen LogP contribution < -0.4 is 10.6 Å². The van der Waals surface area contributed by atoms with Crippen LogP contribution in [-0.2, 0) is 4.79 Å². The molecular weight excluding hydrogens is 290 g/mol. The van der Waals surface area contributed by atoms with Gasteiger partial charge in [-0.1, -0.05) is 6.92 Å². The predicted octanol–water partition coefficient (Wildman–Crippen LogP) is 1.28. The molecule has 2 atom stereocenters. The van der Waals surface area contributed by atoms with Gasteiger partial charge in [0.05, 0.1) is 6.04 Å². The Morgan fingerprint density at radius 1 is 1.39 bits per heavy atom. The summed E-state index contributed by atoms with van der Waals surface area (Å²) in [6.45, 7) is 10.0. The molecule has 1 aliphatic rings. The number of hydrogen-bond donors (Lipinski definition) is 2. The van der Waals surface area contributed by atoms with E-state index in [1.165, 1.54) is 0 Å². The summed E-state index contributed by atoms with van der Waals surface area (Å²) in [5.41, 5.74) is 0. The first-order valence-electron chi connectivity index (χ1n) is 8.99. The Balaban J connectivity index is 2.41. The number of aliphatic imine (C=N–C) groups is 1. The number of amides is 1. The fourth-order valence-electron chi connectivity index (χ4n) is 2.79. The normalized spacial score (nSPS) is 20.4. The summed E-state index contributed by atoms with van der Waals surface area (Å²) in [4.78, 5) is 20.8. The molecule has 0 aromatic carbocycles. The van der Waals surface area contributed by atoms with Crippen molar-refractivity contribution in [3.8, 4) is 0 Å². The molecular formula is C17H35N5O. The van der Waals surface area contributed by atoms with Gasteiger partial charge in [-0.2, -0.15) is 0 Å². The maximum absolute atomic E-state index is 12.2. The van der Waals surface area contributed by atoms with Crippen LogP contribution in [-0.4, -0.2) is 74.0 Å². The quantitative estimate of drug-likeness (QED) is 0.401. The lowest BCUT2D eigenvalue weighted by Crippen LogP contribution is -2.43. The molecule has 23 heavy (non-hydrogen) atoms. The molecule has 1 heterocycles. The maximum atomic E-state index is 12.2. The van der Waals surface area contributed by atoms with E-state index in [9.17, 15) is 4.79 Å². The predicted molar refractivity (Wildman–Crippen MR) is 96.8 cm³/mol. The van der Waals surface area contributed by atoms with E-state index in [4.69, 9.17) is 0 Å². The van der Waals surface area contributed by atoms with Gasteiger partial charge in [0.1, 0.15) is 0 Å². The first-order valence-corrected chi connectivity index (χ1v) is 8.99. The number of guanidine groups is 1. The highest BCUT2D eigenvalue weighted by Crippen LogP contribution is 2.18. The number of likely N-dealkylation sites (tertiary alicyclic amines) is 1. The third-order valence-corrected chi connectivity index (χ3v) is 4.30. The molecule has 1 fully saturated rings. The summed E-state index contributed by atoms with van der Waals surface area (Å²) in [5, 5.41) is 6.69.